The van der Waals surface area contributed by atoms with E-state index < -0.39 is 5.97 Å². The highest BCUT2D eigenvalue weighted by Crippen LogP contribution is 2.21. The summed E-state index contributed by atoms with van der Waals surface area (Å²) in [6, 6.07) is 4.90. The number of hydrogen-bond acceptors (Lipinski definition) is 2. The smallest absolute Gasteiger partial charge is 0.338 e. The van der Waals surface area contributed by atoms with Crippen molar-refractivity contribution in [3.05, 3.63) is 29.3 Å². The quantitative estimate of drug-likeness (QED) is 0.877. The number of rotatable bonds is 2. The summed E-state index contributed by atoms with van der Waals surface area (Å²) in [5.74, 6) is -0.385. The fraction of sp³-hybridized carbons (Fsp3) is 0.500. The Labute approximate surface area is 125 Å². The number of nitrogens with zero attached hydrogens (tertiary/aromatic N) is 1. The Balaban J connectivity index is 2.12. The number of likely N-dealkylation sites (tertiary alicyclic amines) is 1. The van der Waals surface area contributed by atoms with E-state index >= 15 is 0 Å². The van der Waals surface area contributed by atoms with Gasteiger partial charge in [-0.1, -0.05) is 19.1 Å². The van der Waals surface area contributed by atoms with Crippen molar-refractivity contribution in [3.8, 4) is 0 Å². The molecule has 114 valence electrons. The highest BCUT2D eigenvalue weighted by atomic mass is 16.4. The lowest BCUT2D eigenvalue weighted by Gasteiger charge is -2.21. The summed E-state index contributed by atoms with van der Waals surface area (Å²) in [4.78, 5) is 25.4. The molecule has 1 aromatic carbocycles. The Kier molecular flexibility index (Phi) is 4.83. The molecular weight excluding hydrogens is 268 g/mol. The van der Waals surface area contributed by atoms with E-state index in [9.17, 15) is 14.7 Å². The monoisotopic (exact) mass is 290 g/mol. The molecule has 0 saturated carbocycles. The zero-order chi connectivity index (χ0) is 15.4. The molecule has 2 N–H and O–H groups in total. The average molecular weight is 290 g/mol. The number of urea groups is 1. The van der Waals surface area contributed by atoms with Crippen molar-refractivity contribution in [1.29, 1.82) is 0 Å². The summed E-state index contributed by atoms with van der Waals surface area (Å²) >= 11 is 0. The first kappa shape index (κ1) is 15.4. The largest absolute Gasteiger partial charge is 0.478 e. The minimum absolute atomic E-state index is 0.161. The van der Waals surface area contributed by atoms with Crippen molar-refractivity contribution in [1.82, 2.24) is 4.90 Å². The van der Waals surface area contributed by atoms with Crippen LogP contribution in [0.1, 0.15) is 42.1 Å². The van der Waals surface area contributed by atoms with Crippen LogP contribution in [-0.4, -0.2) is 35.1 Å². The van der Waals surface area contributed by atoms with Crippen molar-refractivity contribution in [2.24, 2.45) is 5.92 Å². The molecule has 1 fully saturated rings. The van der Waals surface area contributed by atoms with Crippen LogP contribution in [0.25, 0.3) is 0 Å². The number of hydrogen-bond donors (Lipinski definition) is 2. The van der Waals surface area contributed by atoms with E-state index in [0.29, 0.717) is 17.2 Å². The van der Waals surface area contributed by atoms with Gasteiger partial charge in [-0.05, 0) is 43.7 Å². The summed E-state index contributed by atoms with van der Waals surface area (Å²) < 4.78 is 0. The Morgan fingerprint density at radius 3 is 2.76 bits per heavy atom. The summed E-state index contributed by atoms with van der Waals surface area (Å²) in [5, 5.41) is 12.0. The number of aromatic carboxylic acids is 1. The summed E-state index contributed by atoms with van der Waals surface area (Å²) in [6.07, 6.45) is 3.12. The van der Waals surface area contributed by atoms with Crippen LogP contribution in [0.2, 0.25) is 0 Å². The maximum atomic E-state index is 12.3. The second-order valence-corrected chi connectivity index (χ2v) is 5.76. The van der Waals surface area contributed by atoms with E-state index in [1.165, 1.54) is 0 Å². The molecule has 0 aliphatic carbocycles. The molecule has 1 unspecified atom stereocenters. The van der Waals surface area contributed by atoms with Gasteiger partial charge in [0.25, 0.3) is 0 Å². The Morgan fingerprint density at radius 2 is 2.05 bits per heavy atom. The number of benzene rings is 1. The Morgan fingerprint density at radius 1 is 1.29 bits per heavy atom. The normalized spacial score (nSPS) is 19.0. The van der Waals surface area contributed by atoms with E-state index in [4.69, 9.17) is 0 Å². The number of amides is 2. The maximum absolute atomic E-state index is 12.3. The van der Waals surface area contributed by atoms with Gasteiger partial charge in [-0.25, -0.2) is 9.59 Å². The minimum atomic E-state index is -1.02. The second kappa shape index (κ2) is 6.61. The molecule has 5 heteroatoms. The van der Waals surface area contributed by atoms with Crippen LogP contribution in [-0.2, 0) is 0 Å². The highest BCUT2D eigenvalue weighted by molar-refractivity contribution is 6.01. The van der Waals surface area contributed by atoms with Crippen LogP contribution in [0.3, 0.4) is 0 Å². The zero-order valence-electron chi connectivity index (χ0n) is 12.6. The van der Waals surface area contributed by atoms with Crippen molar-refractivity contribution >= 4 is 17.7 Å². The number of carboxylic acid groups (broad SMARTS) is 1. The van der Waals surface area contributed by atoms with Crippen LogP contribution in [0.5, 0.6) is 0 Å². The topological polar surface area (TPSA) is 69.6 Å². The van der Waals surface area contributed by atoms with Gasteiger partial charge in [-0.3, -0.25) is 0 Å². The third kappa shape index (κ3) is 3.74. The van der Waals surface area contributed by atoms with Gasteiger partial charge in [-0.2, -0.15) is 0 Å². The maximum Gasteiger partial charge on any atom is 0.338 e. The molecule has 1 atom stereocenters. The lowest BCUT2D eigenvalue weighted by molar-refractivity contribution is 0.0697. The molecule has 2 amide bonds. The molecule has 0 spiro atoms. The molecule has 2 rings (SSSR count). The van der Waals surface area contributed by atoms with Crippen molar-refractivity contribution < 1.29 is 14.7 Å². The van der Waals surface area contributed by atoms with Crippen LogP contribution >= 0.6 is 0 Å². The summed E-state index contributed by atoms with van der Waals surface area (Å²) in [7, 11) is 0. The number of aryl methyl sites for hydroxylation is 1. The van der Waals surface area contributed by atoms with Gasteiger partial charge in [0.1, 0.15) is 0 Å². The Bertz CT molecular complexity index is 542. The molecule has 1 saturated heterocycles. The predicted octanol–water partition coefficient (Wildman–Crippen LogP) is 3.35. The van der Waals surface area contributed by atoms with Crippen LogP contribution in [0.15, 0.2) is 18.2 Å². The SMILES string of the molecule is Cc1cccc(NC(=O)N2CCCC(C)CC2)c1C(=O)O. The molecule has 1 heterocycles. The molecule has 1 aromatic rings. The molecule has 0 radical (unpaired) electrons. The van der Waals surface area contributed by atoms with Crippen molar-refractivity contribution in [2.75, 3.05) is 18.4 Å². The fourth-order valence-corrected chi connectivity index (χ4v) is 2.72. The van der Waals surface area contributed by atoms with Crippen molar-refractivity contribution in [2.45, 2.75) is 33.1 Å². The predicted molar refractivity (Wildman–Crippen MR) is 81.7 cm³/mol. The summed E-state index contributed by atoms with van der Waals surface area (Å²) in [6.45, 7) is 5.38. The van der Waals surface area contributed by atoms with Crippen molar-refractivity contribution in [3.63, 3.8) is 0 Å². The molecule has 1 aliphatic heterocycles. The summed E-state index contributed by atoms with van der Waals surface area (Å²) in [5.41, 5.74) is 1.17. The van der Waals surface area contributed by atoms with Gasteiger partial charge in [0.05, 0.1) is 11.3 Å². The molecule has 21 heavy (non-hydrogen) atoms. The first-order valence-corrected chi connectivity index (χ1v) is 7.38. The van der Waals surface area contributed by atoms with E-state index in [1.54, 1.807) is 30.0 Å². The third-order valence-electron chi connectivity index (χ3n) is 4.03. The number of carboxylic acids is 1. The van der Waals surface area contributed by atoms with Crippen LogP contribution < -0.4 is 5.32 Å². The third-order valence-corrected chi connectivity index (χ3v) is 4.03. The number of nitrogens with one attached hydrogen (secondary N) is 1. The van der Waals surface area contributed by atoms with Gasteiger partial charge in [-0.15, -0.1) is 0 Å². The minimum Gasteiger partial charge on any atom is -0.478 e. The first-order chi connectivity index (χ1) is 9.99. The molecule has 0 bridgehead atoms. The number of carbonyl (C=O) groups is 2. The zero-order valence-corrected chi connectivity index (χ0v) is 12.6. The number of anilines is 1. The van der Waals surface area contributed by atoms with Crippen LogP contribution in [0.4, 0.5) is 10.5 Å². The van der Waals surface area contributed by atoms with E-state index in [1.807, 2.05) is 0 Å². The van der Waals surface area contributed by atoms with Gasteiger partial charge in [0.15, 0.2) is 0 Å². The Hall–Kier alpha value is -2.04. The second-order valence-electron chi connectivity index (χ2n) is 5.76. The lowest BCUT2D eigenvalue weighted by atomic mass is 10.0. The molecule has 5 nitrogen and oxygen atoms in total. The first-order valence-electron chi connectivity index (χ1n) is 7.38. The number of carbonyl (C=O) groups excluding carboxylic acids is 1. The van der Waals surface area contributed by atoms with E-state index in [0.717, 1.165) is 32.4 Å². The van der Waals surface area contributed by atoms with Crippen LogP contribution in [0, 0.1) is 12.8 Å². The molecular formula is C16H22N2O3. The lowest BCUT2D eigenvalue weighted by Crippen LogP contribution is -2.36. The van der Waals surface area contributed by atoms with E-state index in [-0.39, 0.29) is 11.6 Å². The average Bonchev–Trinajstić information content (AvgIpc) is 2.63. The standard InChI is InChI=1S/C16H22N2O3/c1-11-5-4-9-18(10-8-11)16(21)17-13-7-3-6-12(2)14(13)15(19)20/h3,6-7,11H,4-5,8-10H2,1-2H3,(H,17,21)(H,19,20). The van der Waals surface area contributed by atoms with E-state index in [2.05, 4.69) is 12.2 Å². The molecule has 0 aromatic heterocycles. The molecule has 1 aliphatic rings. The van der Waals surface area contributed by atoms with Gasteiger partial charge < -0.3 is 15.3 Å². The van der Waals surface area contributed by atoms with Gasteiger partial charge in [0, 0.05) is 13.1 Å². The highest BCUT2D eigenvalue weighted by Gasteiger charge is 2.21. The van der Waals surface area contributed by atoms with Gasteiger partial charge in [0.2, 0.25) is 0 Å². The fourth-order valence-electron chi connectivity index (χ4n) is 2.72. The van der Waals surface area contributed by atoms with Gasteiger partial charge >= 0.3 is 12.0 Å².